The number of aromatic nitrogens is 1. The SMILES string of the molecule is CCOc1ccc(C2C(C(=O)c3ccco3)=C(O)C(=O)N2c2nc3ccc(CC)cc3s2)cc1OC. The molecule has 1 atom stereocenters. The van der Waals surface area contributed by atoms with Crippen molar-refractivity contribution < 1.29 is 28.6 Å². The van der Waals surface area contributed by atoms with Crippen molar-refractivity contribution >= 4 is 38.4 Å². The Morgan fingerprint density at radius 2 is 2.00 bits per heavy atom. The largest absolute Gasteiger partial charge is 0.503 e. The molecule has 3 heterocycles. The van der Waals surface area contributed by atoms with Gasteiger partial charge in [-0.25, -0.2) is 4.98 Å². The minimum Gasteiger partial charge on any atom is -0.503 e. The van der Waals surface area contributed by atoms with Gasteiger partial charge in [0.1, 0.15) is 0 Å². The van der Waals surface area contributed by atoms with Crippen LogP contribution >= 0.6 is 11.3 Å². The van der Waals surface area contributed by atoms with Gasteiger partial charge in [-0.2, -0.15) is 0 Å². The molecule has 1 N–H and O–H groups in total. The Hall–Kier alpha value is -4.11. The number of aliphatic hydroxyl groups is 1. The van der Waals surface area contributed by atoms with Gasteiger partial charge in [-0.1, -0.05) is 30.4 Å². The van der Waals surface area contributed by atoms with Crippen LogP contribution in [0.5, 0.6) is 11.5 Å². The number of fused-ring (bicyclic) bond motifs is 1. The molecule has 8 nitrogen and oxygen atoms in total. The highest BCUT2D eigenvalue weighted by Crippen LogP contribution is 2.45. The van der Waals surface area contributed by atoms with Gasteiger partial charge in [0.15, 0.2) is 28.1 Å². The van der Waals surface area contributed by atoms with Gasteiger partial charge >= 0.3 is 0 Å². The van der Waals surface area contributed by atoms with E-state index in [1.54, 1.807) is 24.3 Å². The molecular formula is C27H24N2O6S. The molecular weight excluding hydrogens is 480 g/mol. The number of furan rings is 1. The molecule has 9 heteroatoms. The maximum atomic E-state index is 13.4. The van der Waals surface area contributed by atoms with E-state index in [0.717, 1.165) is 22.2 Å². The van der Waals surface area contributed by atoms with E-state index in [1.165, 1.54) is 35.7 Å². The minimum atomic E-state index is -0.953. The average Bonchev–Trinajstić information content (AvgIpc) is 3.62. The van der Waals surface area contributed by atoms with E-state index >= 15 is 0 Å². The number of carbonyl (C=O) groups excluding carboxylic acids is 2. The first-order valence-electron chi connectivity index (χ1n) is 11.5. The van der Waals surface area contributed by atoms with Crippen LogP contribution in [0.25, 0.3) is 10.2 Å². The van der Waals surface area contributed by atoms with Gasteiger partial charge in [0, 0.05) is 0 Å². The number of aryl methyl sites for hydroxylation is 1. The summed E-state index contributed by atoms with van der Waals surface area (Å²) < 4.78 is 17.4. The number of ether oxygens (including phenoxy) is 2. The molecule has 0 saturated heterocycles. The molecule has 1 unspecified atom stereocenters. The van der Waals surface area contributed by atoms with E-state index in [4.69, 9.17) is 13.9 Å². The van der Waals surface area contributed by atoms with Crippen LogP contribution in [0.2, 0.25) is 0 Å². The predicted molar refractivity (Wildman–Crippen MR) is 136 cm³/mol. The van der Waals surface area contributed by atoms with Gasteiger partial charge in [-0.15, -0.1) is 0 Å². The molecule has 0 aliphatic carbocycles. The molecule has 0 saturated carbocycles. The van der Waals surface area contributed by atoms with Crippen molar-refractivity contribution in [3.8, 4) is 11.5 Å². The zero-order chi connectivity index (χ0) is 25.4. The van der Waals surface area contributed by atoms with Gasteiger partial charge in [-0.05, 0) is 60.9 Å². The number of amides is 1. The van der Waals surface area contributed by atoms with Crippen molar-refractivity contribution in [3.05, 3.63) is 83.0 Å². The summed E-state index contributed by atoms with van der Waals surface area (Å²) in [5.41, 5.74) is 2.34. The molecule has 0 fully saturated rings. The van der Waals surface area contributed by atoms with Crippen molar-refractivity contribution in [1.29, 1.82) is 0 Å². The predicted octanol–water partition coefficient (Wildman–Crippen LogP) is 5.64. The number of aliphatic hydroxyl groups excluding tert-OH is 1. The molecule has 184 valence electrons. The van der Waals surface area contributed by atoms with Crippen LogP contribution < -0.4 is 14.4 Å². The molecule has 1 aliphatic heterocycles. The van der Waals surface area contributed by atoms with Crippen LogP contribution in [-0.4, -0.2) is 35.5 Å². The summed E-state index contributed by atoms with van der Waals surface area (Å²) in [7, 11) is 1.51. The van der Waals surface area contributed by atoms with Crippen LogP contribution in [0.4, 0.5) is 5.13 Å². The number of rotatable bonds is 8. The molecule has 2 aromatic heterocycles. The first-order valence-corrected chi connectivity index (χ1v) is 12.3. The van der Waals surface area contributed by atoms with E-state index in [-0.39, 0.29) is 11.3 Å². The minimum absolute atomic E-state index is 0.0194. The maximum Gasteiger partial charge on any atom is 0.296 e. The Bertz CT molecular complexity index is 1490. The molecule has 1 amide bonds. The number of benzene rings is 2. The highest BCUT2D eigenvalue weighted by Gasteiger charge is 2.46. The molecule has 0 bridgehead atoms. The fraction of sp³-hybridized carbons (Fsp3) is 0.222. The van der Waals surface area contributed by atoms with Crippen LogP contribution in [-0.2, 0) is 11.2 Å². The normalized spacial score (nSPS) is 15.7. The Morgan fingerprint density at radius 1 is 1.17 bits per heavy atom. The summed E-state index contributed by atoms with van der Waals surface area (Å²) in [5, 5.41) is 11.3. The Balaban J connectivity index is 1.68. The molecule has 0 spiro atoms. The van der Waals surface area contributed by atoms with Crippen LogP contribution in [0.1, 0.15) is 41.6 Å². The number of thiazole rings is 1. The lowest BCUT2D eigenvalue weighted by Gasteiger charge is -2.25. The topological polar surface area (TPSA) is 102 Å². The highest BCUT2D eigenvalue weighted by atomic mass is 32.1. The highest BCUT2D eigenvalue weighted by molar-refractivity contribution is 7.22. The van der Waals surface area contributed by atoms with Gasteiger partial charge in [-0.3, -0.25) is 14.5 Å². The molecule has 36 heavy (non-hydrogen) atoms. The molecule has 2 aromatic carbocycles. The van der Waals surface area contributed by atoms with Crippen molar-refractivity contribution in [1.82, 2.24) is 4.98 Å². The standard InChI is InChI=1S/C27H24N2O6S/c1-4-15-8-10-17-21(13-15)36-27(28-17)29-23(16-9-11-18(34-5-2)20(14-16)33-3)22(25(31)26(29)32)24(30)19-7-6-12-35-19/h6-14,23,31H,4-5H2,1-3H3. The third-order valence-electron chi connectivity index (χ3n) is 6.06. The second-order valence-corrected chi connectivity index (χ2v) is 9.15. The zero-order valence-electron chi connectivity index (χ0n) is 20.0. The van der Waals surface area contributed by atoms with Gasteiger partial charge in [0.25, 0.3) is 5.91 Å². The fourth-order valence-corrected chi connectivity index (χ4v) is 5.36. The smallest absolute Gasteiger partial charge is 0.296 e. The molecule has 5 rings (SSSR count). The Kier molecular flexibility index (Phi) is 6.24. The number of anilines is 1. The fourth-order valence-electron chi connectivity index (χ4n) is 4.30. The van der Waals surface area contributed by atoms with Crippen molar-refractivity contribution in [2.75, 3.05) is 18.6 Å². The van der Waals surface area contributed by atoms with Crippen LogP contribution in [0.3, 0.4) is 0 Å². The zero-order valence-corrected chi connectivity index (χ0v) is 20.8. The van der Waals surface area contributed by atoms with Crippen molar-refractivity contribution in [2.24, 2.45) is 0 Å². The monoisotopic (exact) mass is 504 g/mol. The summed E-state index contributed by atoms with van der Waals surface area (Å²) in [4.78, 5) is 32.9. The Labute approximate surface area is 211 Å². The van der Waals surface area contributed by atoms with E-state index in [9.17, 15) is 14.7 Å². The number of nitrogens with zero attached hydrogens (tertiary/aromatic N) is 2. The number of methoxy groups -OCH3 is 1. The third-order valence-corrected chi connectivity index (χ3v) is 7.07. The summed E-state index contributed by atoms with van der Waals surface area (Å²) in [6.45, 7) is 4.37. The lowest BCUT2D eigenvalue weighted by atomic mass is 9.95. The van der Waals surface area contributed by atoms with E-state index < -0.39 is 23.5 Å². The first kappa shape index (κ1) is 23.6. The van der Waals surface area contributed by atoms with Crippen molar-refractivity contribution in [2.45, 2.75) is 26.3 Å². The maximum absolute atomic E-state index is 13.4. The summed E-state index contributed by atoms with van der Waals surface area (Å²) in [6, 6.07) is 13.2. The molecule has 0 radical (unpaired) electrons. The third kappa shape index (κ3) is 3.91. The second-order valence-electron chi connectivity index (χ2n) is 8.14. The first-order chi connectivity index (χ1) is 17.5. The van der Waals surface area contributed by atoms with Gasteiger partial charge in [0.05, 0.1) is 41.8 Å². The summed E-state index contributed by atoms with van der Waals surface area (Å²) in [6.07, 6.45) is 2.23. The molecule has 1 aliphatic rings. The van der Waals surface area contributed by atoms with Gasteiger partial charge in [0.2, 0.25) is 5.78 Å². The van der Waals surface area contributed by atoms with E-state index in [1.807, 2.05) is 25.1 Å². The number of Topliss-reactive ketones (excluding diaryl/α,β-unsaturated/α-hetero) is 1. The number of ketones is 1. The van der Waals surface area contributed by atoms with Crippen molar-refractivity contribution in [3.63, 3.8) is 0 Å². The summed E-state index contributed by atoms with van der Waals surface area (Å²) >= 11 is 1.33. The van der Waals surface area contributed by atoms with E-state index in [0.29, 0.717) is 28.8 Å². The summed E-state index contributed by atoms with van der Waals surface area (Å²) in [5.74, 6) is -0.944. The second kappa shape index (κ2) is 9.50. The van der Waals surface area contributed by atoms with Gasteiger partial charge < -0.3 is 19.0 Å². The Morgan fingerprint density at radius 3 is 2.69 bits per heavy atom. The van der Waals surface area contributed by atoms with Crippen LogP contribution in [0.15, 0.2) is 70.5 Å². The van der Waals surface area contributed by atoms with Crippen LogP contribution in [0, 0.1) is 0 Å². The van der Waals surface area contributed by atoms with E-state index in [2.05, 4.69) is 11.9 Å². The molecule has 4 aromatic rings. The number of carbonyl (C=O) groups is 2. The lowest BCUT2D eigenvalue weighted by molar-refractivity contribution is -0.117. The number of hydrogen-bond acceptors (Lipinski definition) is 8. The average molecular weight is 505 g/mol. The number of hydrogen-bond donors (Lipinski definition) is 1. The quantitative estimate of drug-likeness (QED) is 0.310. The lowest BCUT2D eigenvalue weighted by Crippen LogP contribution is -2.31.